The van der Waals surface area contributed by atoms with Crippen LogP contribution in [0.5, 0.6) is 5.75 Å². The van der Waals surface area contributed by atoms with E-state index in [1.165, 1.54) is 0 Å². The van der Waals surface area contributed by atoms with Crippen molar-refractivity contribution in [3.05, 3.63) is 29.8 Å². The monoisotopic (exact) mass is 300 g/mol. The van der Waals surface area contributed by atoms with Crippen LogP contribution in [0.3, 0.4) is 0 Å². The first-order valence-corrected chi connectivity index (χ1v) is 7.63. The average molecular weight is 300 g/mol. The van der Waals surface area contributed by atoms with Crippen molar-refractivity contribution in [1.29, 1.82) is 5.26 Å². The predicted octanol–water partition coefficient (Wildman–Crippen LogP) is 2.42. The maximum absolute atomic E-state index is 12.4. The zero-order valence-electron chi connectivity index (χ0n) is 12.7. The summed E-state index contributed by atoms with van der Waals surface area (Å²) in [6.07, 6.45) is 2.95. The van der Waals surface area contributed by atoms with Crippen molar-refractivity contribution in [3.8, 4) is 11.8 Å². The van der Waals surface area contributed by atoms with E-state index in [9.17, 15) is 14.9 Å². The largest absolute Gasteiger partial charge is 0.494 e. The first kappa shape index (κ1) is 16.0. The third-order valence-electron chi connectivity index (χ3n) is 3.76. The average Bonchev–Trinajstić information content (AvgIpc) is 2.57. The van der Waals surface area contributed by atoms with E-state index in [2.05, 4.69) is 0 Å². The van der Waals surface area contributed by atoms with Crippen LogP contribution in [0.1, 0.15) is 36.5 Å². The number of rotatable bonds is 5. The number of piperidine rings is 1. The summed E-state index contributed by atoms with van der Waals surface area (Å²) in [4.78, 5) is 26.4. The highest BCUT2D eigenvalue weighted by molar-refractivity contribution is 6.12. The van der Waals surface area contributed by atoms with Crippen molar-refractivity contribution in [3.63, 3.8) is 0 Å². The van der Waals surface area contributed by atoms with Crippen molar-refractivity contribution in [2.75, 3.05) is 19.7 Å². The molecular weight excluding hydrogens is 280 g/mol. The molecule has 1 amide bonds. The Hall–Kier alpha value is -2.35. The molecule has 1 saturated heterocycles. The summed E-state index contributed by atoms with van der Waals surface area (Å²) in [6, 6.07) is 8.42. The first-order valence-electron chi connectivity index (χ1n) is 7.63. The zero-order valence-corrected chi connectivity index (χ0v) is 12.7. The van der Waals surface area contributed by atoms with Gasteiger partial charge >= 0.3 is 0 Å². The number of benzene rings is 1. The molecule has 1 heterocycles. The maximum atomic E-state index is 12.4. The van der Waals surface area contributed by atoms with E-state index in [-0.39, 0.29) is 5.91 Å². The second-order valence-electron chi connectivity index (χ2n) is 5.27. The molecule has 5 heteroatoms. The number of Topliss-reactive ketones (excluding diaryl/α,β-unsaturated/α-hetero) is 1. The molecule has 0 N–H and O–H groups in total. The fourth-order valence-electron chi connectivity index (χ4n) is 2.57. The number of nitrogens with zero attached hydrogens (tertiary/aromatic N) is 2. The van der Waals surface area contributed by atoms with Crippen LogP contribution in [-0.2, 0) is 4.79 Å². The minimum atomic E-state index is -1.25. The molecule has 0 bridgehead atoms. The highest BCUT2D eigenvalue weighted by Gasteiger charge is 2.31. The lowest BCUT2D eigenvalue weighted by atomic mass is 9.96. The van der Waals surface area contributed by atoms with Gasteiger partial charge < -0.3 is 9.64 Å². The van der Waals surface area contributed by atoms with Crippen LogP contribution in [-0.4, -0.2) is 36.3 Å². The van der Waals surface area contributed by atoms with Crippen molar-refractivity contribution >= 4 is 11.7 Å². The summed E-state index contributed by atoms with van der Waals surface area (Å²) in [5, 5.41) is 9.25. The molecule has 22 heavy (non-hydrogen) atoms. The Morgan fingerprint density at radius 2 is 1.86 bits per heavy atom. The van der Waals surface area contributed by atoms with Gasteiger partial charge in [-0.05, 0) is 50.5 Å². The Morgan fingerprint density at radius 3 is 2.41 bits per heavy atom. The molecule has 1 aromatic rings. The van der Waals surface area contributed by atoms with E-state index in [1.807, 2.05) is 13.0 Å². The van der Waals surface area contributed by atoms with Crippen LogP contribution in [0.25, 0.3) is 0 Å². The van der Waals surface area contributed by atoms with Crippen LogP contribution in [0.4, 0.5) is 0 Å². The molecule has 0 radical (unpaired) electrons. The molecule has 116 valence electrons. The molecule has 0 aromatic heterocycles. The first-order chi connectivity index (χ1) is 10.7. The number of nitriles is 1. The van der Waals surface area contributed by atoms with E-state index < -0.39 is 11.7 Å². The third kappa shape index (κ3) is 3.64. The molecule has 1 aliphatic heterocycles. The predicted molar refractivity (Wildman–Crippen MR) is 81.5 cm³/mol. The van der Waals surface area contributed by atoms with Gasteiger partial charge in [-0.1, -0.05) is 0 Å². The van der Waals surface area contributed by atoms with Gasteiger partial charge in [0.2, 0.25) is 5.91 Å². The smallest absolute Gasteiger partial charge is 0.247 e. The van der Waals surface area contributed by atoms with Gasteiger partial charge in [-0.15, -0.1) is 0 Å². The molecule has 0 spiro atoms. The van der Waals surface area contributed by atoms with Crippen LogP contribution < -0.4 is 4.74 Å². The second kappa shape index (κ2) is 7.60. The molecule has 0 aliphatic carbocycles. The number of carbonyl (C=O) groups excluding carboxylic acids is 2. The molecule has 1 aromatic carbocycles. The van der Waals surface area contributed by atoms with Crippen LogP contribution in [0, 0.1) is 17.2 Å². The van der Waals surface area contributed by atoms with E-state index in [4.69, 9.17) is 4.74 Å². The highest BCUT2D eigenvalue weighted by Crippen LogP contribution is 2.18. The molecule has 0 saturated carbocycles. The van der Waals surface area contributed by atoms with Crippen molar-refractivity contribution in [2.24, 2.45) is 5.92 Å². The van der Waals surface area contributed by atoms with Gasteiger partial charge in [-0.25, -0.2) is 0 Å². The topological polar surface area (TPSA) is 70.4 Å². The summed E-state index contributed by atoms with van der Waals surface area (Å²) in [7, 11) is 0. The van der Waals surface area contributed by atoms with Crippen LogP contribution in [0.15, 0.2) is 24.3 Å². The molecular formula is C17H20N2O3. The lowest BCUT2D eigenvalue weighted by Gasteiger charge is -2.28. The minimum absolute atomic E-state index is 0.361. The maximum Gasteiger partial charge on any atom is 0.247 e. The van der Waals surface area contributed by atoms with Gasteiger partial charge in [0.1, 0.15) is 5.75 Å². The van der Waals surface area contributed by atoms with E-state index in [0.717, 1.165) is 19.3 Å². The Bertz CT molecular complexity index is 569. The summed E-state index contributed by atoms with van der Waals surface area (Å²) < 4.78 is 5.32. The summed E-state index contributed by atoms with van der Waals surface area (Å²) in [6.45, 7) is 3.69. The molecule has 1 atom stereocenters. The summed E-state index contributed by atoms with van der Waals surface area (Å²) in [5.41, 5.74) is 0.361. The lowest BCUT2D eigenvalue weighted by Crippen LogP contribution is -2.41. The number of likely N-dealkylation sites (tertiary alicyclic amines) is 1. The zero-order chi connectivity index (χ0) is 15.9. The number of hydrogen-bond acceptors (Lipinski definition) is 4. The number of amides is 1. The van der Waals surface area contributed by atoms with E-state index in [1.54, 1.807) is 29.2 Å². The van der Waals surface area contributed by atoms with Crippen molar-refractivity contribution < 1.29 is 14.3 Å². The third-order valence-corrected chi connectivity index (χ3v) is 3.76. The Balaban J connectivity index is 2.10. The fraction of sp³-hybridized carbons (Fsp3) is 0.471. The van der Waals surface area contributed by atoms with Crippen LogP contribution in [0.2, 0.25) is 0 Å². The van der Waals surface area contributed by atoms with Crippen molar-refractivity contribution in [1.82, 2.24) is 4.90 Å². The normalized spacial score (nSPS) is 15.7. The number of hydrogen-bond donors (Lipinski definition) is 0. The molecule has 5 nitrogen and oxygen atoms in total. The van der Waals surface area contributed by atoms with Crippen molar-refractivity contribution in [2.45, 2.75) is 26.2 Å². The van der Waals surface area contributed by atoms with Gasteiger partial charge in [0.25, 0.3) is 0 Å². The molecule has 0 unspecified atom stereocenters. The van der Waals surface area contributed by atoms with E-state index in [0.29, 0.717) is 31.0 Å². The van der Waals surface area contributed by atoms with Gasteiger partial charge in [0.05, 0.1) is 12.7 Å². The van der Waals surface area contributed by atoms with Gasteiger partial charge in [0, 0.05) is 18.7 Å². The summed E-state index contributed by atoms with van der Waals surface area (Å²) in [5.74, 6) is -1.41. The standard InChI is InChI=1S/C17H20N2O3/c1-2-22-14-8-6-13(7-9-14)16(20)15(12-18)17(21)19-10-4-3-5-11-19/h6-9,15H,2-5,10-11H2,1H3/t15-/m0/s1. The van der Waals surface area contributed by atoms with Gasteiger partial charge in [-0.3, -0.25) is 9.59 Å². The molecule has 1 fully saturated rings. The quantitative estimate of drug-likeness (QED) is 0.618. The lowest BCUT2D eigenvalue weighted by molar-refractivity contribution is -0.133. The number of ether oxygens (including phenoxy) is 1. The Morgan fingerprint density at radius 1 is 1.23 bits per heavy atom. The van der Waals surface area contributed by atoms with Gasteiger partial charge in [-0.2, -0.15) is 5.26 Å². The molecule has 2 rings (SSSR count). The van der Waals surface area contributed by atoms with Gasteiger partial charge in [0.15, 0.2) is 11.7 Å². The highest BCUT2D eigenvalue weighted by atomic mass is 16.5. The second-order valence-corrected chi connectivity index (χ2v) is 5.27. The Kier molecular flexibility index (Phi) is 5.54. The fourth-order valence-corrected chi connectivity index (χ4v) is 2.57. The summed E-state index contributed by atoms with van der Waals surface area (Å²) >= 11 is 0. The SMILES string of the molecule is CCOc1ccc(C(=O)[C@H](C#N)C(=O)N2CCCCC2)cc1. The number of ketones is 1. The molecule has 1 aliphatic rings. The number of carbonyl (C=O) groups is 2. The van der Waals surface area contributed by atoms with Crippen LogP contribution >= 0.6 is 0 Å². The van der Waals surface area contributed by atoms with E-state index >= 15 is 0 Å². The Labute approximate surface area is 130 Å². The minimum Gasteiger partial charge on any atom is -0.494 e.